The molecule has 0 saturated heterocycles. The molecule has 0 atom stereocenters. The standard InChI is InChI=1S/C12H11B/c1-2-13-12-9-5-7-10-6-3-4-8-11(10)12/h2-9,13H,1H2. The highest BCUT2D eigenvalue weighted by molar-refractivity contribution is 6.61. The van der Waals surface area contributed by atoms with E-state index >= 15 is 0 Å². The molecule has 2 aromatic carbocycles. The maximum atomic E-state index is 3.76. The summed E-state index contributed by atoms with van der Waals surface area (Å²) in [6, 6.07) is 14.8. The van der Waals surface area contributed by atoms with Crippen molar-refractivity contribution in [2.45, 2.75) is 0 Å². The molecule has 62 valence electrons. The molecule has 0 heterocycles. The van der Waals surface area contributed by atoms with E-state index in [-0.39, 0.29) is 0 Å². The van der Waals surface area contributed by atoms with E-state index in [2.05, 4.69) is 49.0 Å². The molecule has 0 bridgehead atoms. The van der Waals surface area contributed by atoms with Gasteiger partial charge >= 0.3 is 0 Å². The van der Waals surface area contributed by atoms with Crippen LogP contribution in [0.4, 0.5) is 0 Å². The third kappa shape index (κ3) is 1.50. The number of hydrogen-bond acceptors (Lipinski definition) is 0. The van der Waals surface area contributed by atoms with Gasteiger partial charge in [0.05, 0.1) is 0 Å². The summed E-state index contributed by atoms with van der Waals surface area (Å²) >= 11 is 0. The largest absolute Gasteiger partial charge is 0.183 e. The van der Waals surface area contributed by atoms with Gasteiger partial charge in [0.1, 0.15) is 0 Å². The first-order valence-corrected chi connectivity index (χ1v) is 4.49. The Balaban J connectivity index is 2.68. The second kappa shape index (κ2) is 3.48. The minimum absolute atomic E-state index is 0.946. The van der Waals surface area contributed by atoms with Crippen LogP contribution in [0.3, 0.4) is 0 Å². The molecule has 0 amide bonds. The Bertz CT molecular complexity index is 427. The average Bonchev–Trinajstić information content (AvgIpc) is 2.19. The predicted octanol–water partition coefficient (Wildman–Crippen LogP) is 2.05. The maximum absolute atomic E-state index is 3.76. The van der Waals surface area contributed by atoms with E-state index in [1.54, 1.807) is 0 Å². The zero-order valence-electron chi connectivity index (χ0n) is 7.53. The van der Waals surface area contributed by atoms with Crippen LogP contribution in [0.25, 0.3) is 10.8 Å². The molecule has 13 heavy (non-hydrogen) atoms. The lowest BCUT2D eigenvalue weighted by Gasteiger charge is -2.02. The van der Waals surface area contributed by atoms with Gasteiger partial charge in [0.2, 0.25) is 0 Å². The van der Waals surface area contributed by atoms with E-state index in [1.807, 2.05) is 5.98 Å². The fraction of sp³-hybridized carbons (Fsp3) is 0. The van der Waals surface area contributed by atoms with E-state index in [4.69, 9.17) is 0 Å². The Labute approximate surface area is 79.1 Å². The van der Waals surface area contributed by atoms with Gasteiger partial charge in [0, 0.05) is 0 Å². The average molecular weight is 166 g/mol. The monoisotopic (exact) mass is 166 g/mol. The smallest absolute Gasteiger partial charge is 0.121 e. The van der Waals surface area contributed by atoms with Crippen LogP contribution >= 0.6 is 0 Å². The first-order chi connectivity index (χ1) is 6.42. The van der Waals surface area contributed by atoms with Gasteiger partial charge in [-0.2, -0.15) is 0 Å². The molecular formula is C12H11B. The van der Waals surface area contributed by atoms with Crippen molar-refractivity contribution in [3.8, 4) is 0 Å². The molecule has 0 aliphatic rings. The van der Waals surface area contributed by atoms with E-state index in [0.717, 1.165) is 7.28 Å². The molecule has 2 rings (SSSR count). The molecule has 0 spiro atoms. The summed E-state index contributed by atoms with van der Waals surface area (Å²) < 4.78 is 0. The summed E-state index contributed by atoms with van der Waals surface area (Å²) in [5.41, 5.74) is 1.35. The zero-order valence-corrected chi connectivity index (χ0v) is 7.53. The van der Waals surface area contributed by atoms with E-state index in [9.17, 15) is 0 Å². The van der Waals surface area contributed by atoms with Gasteiger partial charge in [-0.15, -0.1) is 12.6 Å². The van der Waals surface area contributed by atoms with Crippen molar-refractivity contribution < 1.29 is 0 Å². The lowest BCUT2D eigenvalue weighted by atomic mass is 9.69. The normalized spacial score (nSPS) is 9.85. The molecule has 1 heteroatoms. The minimum Gasteiger partial charge on any atom is -0.121 e. The zero-order chi connectivity index (χ0) is 9.10. The van der Waals surface area contributed by atoms with Gasteiger partial charge < -0.3 is 0 Å². The van der Waals surface area contributed by atoms with Crippen LogP contribution < -0.4 is 5.46 Å². The highest BCUT2D eigenvalue weighted by Crippen LogP contribution is 2.09. The third-order valence-electron chi connectivity index (χ3n) is 2.24. The van der Waals surface area contributed by atoms with Gasteiger partial charge in [-0.1, -0.05) is 47.9 Å². The molecule has 0 nitrogen and oxygen atoms in total. The van der Waals surface area contributed by atoms with Crippen LogP contribution in [-0.4, -0.2) is 7.28 Å². The van der Waals surface area contributed by atoms with E-state index < -0.39 is 0 Å². The number of fused-ring (bicyclic) bond motifs is 1. The van der Waals surface area contributed by atoms with Crippen LogP contribution in [0.2, 0.25) is 0 Å². The fourth-order valence-electron chi connectivity index (χ4n) is 1.63. The lowest BCUT2D eigenvalue weighted by molar-refractivity contribution is 1.78. The summed E-state index contributed by atoms with van der Waals surface area (Å²) in [6.07, 6.45) is 0. The molecule has 0 aromatic heterocycles. The van der Waals surface area contributed by atoms with Crippen molar-refractivity contribution >= 4 is 23.5 Å². The maximum Gasteiger partial charge on any atom is 0.183 e. The van der Waals surface area contributed by atoms with Crippen LogP contribution in [0.1, 0.15) is 0 Å². The molecule has 0 radical (unpaired) electrons. The Morgan fingerprint density at radius 2 is 1.77 bits per heavy atom. The molecular weight excluding hydrogens is 155 g/mol. The summed E-state index contributed by atoms with van der Waals surface area (Å²) in [6.45, 7) is 3.76. The van der Waals surface area contributed by atoms with Crippen molar-refractivity contribution in [1.82, 2.24) is 0 Å². The third-order valence-corrected chi connectivity index (χ3v) is 2.24. The molecule has 0 unspecified atom stereocenters. The minimum atomic E-state index is 0.946. The first kappa shape index (κ1) is 8.12. The van der Waals surface area contributed by atoms with E-state index in [1.165, 1.54) is 16.2 Å². The van der Waals surface area contributed by atoms with Crippen molar-refractivity contribution in [2.75, 3.05) is 0 Å². The Kier molecular flexibility index (Phi) is 2.18. The second-order valence-corrected chi connectivity index (χ2v) is 3.13. The molecule has 0 fully saturated rings. The van der Waals surface area contributed by atoms with Gasteiger partial charge in [-0.25, -0.2) is 0 Å². The Morgan fingerprint density at radius 1 is 1.00 bits per heavy atom. The van der Waals surface area contributed by atoms with Crippen molar-refractivity contribution in [3.05, 3.63) is 55.0 Å². The van der Waals surface area contributed by atoms with Gasteiger partial charge in [0.15, 0.2) is 7.28 Å². The number of benzene rings is 2. The summed E-state index contributed by atoms with van der Waals surface area (Å²) in [5, 5.41) is 2.65. The summed E-state index contributed by atoms with van der Waals surface area (Å²) in [5.74, 6) is 1.95. The predicted molar refractivity (Wildman–Crippen MR) is 60.9 cm³/mol. The second-order valence-electron chi connectivity index (χ2n) is 3.13. The highest BCUT2D eigenvalue weighted by atomic mass is 13.9. The quantitative estimate of drug-likeness (QED) is 0.599. The molecule has 0 aliphatic carbocycles. The van der Waals surface area contributed by atoms with Gasteiger partial charge in [-0.3, -0.25) is 0 Å². The number of hydrogen-bond donors (Lipinski definition) is 0. The van der Waals surface area contributed by atoms with Crippen LogP contribution in [0.15, 0.2) is 55.0 Å². The van der Waals surface area contributed by atoms with Crippen molar-refractivity contribution in [2.24, 2.45) is 0 Å². The van der Waals surface area contributed by atoms with E-state index in [0.29, 0.717) is 0 Å². The molecule has 2 aromatic rings. The van der Waals surface area contributed by atoms with Crippen molar-refractivity contribution in [1.29, 1.82) is 0 Å². The molecule has 0 saturated carbocycles. The highest BCUT2D eigenvalue weighted by Gasteiger charge is 1.97. The van der Waals surface area contributed by atoms with Crippen molar-refractivity contribution in [3.63, 3.8) is 0 Å². The summed E-state index contributed by atoms with van der Waals surface area (Å²) in [7, 11) is 0.946. The van der Waals surface area contributed by atoms with Gasteiger partial charge in [-0.05, 0) is 10.8 Å². The van der Waals surface area contributed by atoms with Crippen LogP contribution in [0, 0.1) is 0 Å². The molecule has 0 aliphatic heterocycles. The topological polar surface area (TPSA) is 0 Å². The SMILES string of the molecule is C=CBc1cccc2ccccc12. The fourth-order valence-corrected chi connectivity index (χ4v) is 1.63. The van der Waals surface area contributed by atoms with Crippen LogP contribution in [0.5, 0.6) is 0 Å². The van der Waals surface area contributed by atoms with Gasteiger partial charge in [0.25, 0.3) is 0 Å². The molecule has 0 N–H and O–H groups in total. The Morgan fingerprint density at radius 3 is 2.62 bits per heavy atom. The Hall–Kier alpha value is -1.50. The summed E-state index contributed by atoms with van der Waals surface area (Å²) in [4.78, 5) is 0. The van der Waals surface area contributed by atoms with Crippen LogP contribution in [-0.2, 0) is 0 Å². The lowest BCUT2D eigenvalue weighted by Crippen LogP contribution is -2.12. The number of rotatable bonds is 2. The first-order valence-electron chi connectivity index (χ1n) is 4.49.